The first kappa shape index (κ1) is 15.4. The lowest BCUT2D eigenvalue weighted by atomic mass is 10.1. The fourth-order valence-electron chi connectivity index (χ4n) is 2.62. The molecular weight excluding hydrogens is 291 g/mol. The van der Waals surface area contributed by atoms with Crippen LogP contribution in [-0.2, 0) is 13.0 Å². The maximum atomic E-state index is 13.9. The Balaban J connectivity index is 1.59. The van der Waals surface area contributed by atoms with Gasteiger partial charge in [0.15, 0.2) is 0 Å². The van der Waals surface area contributed by atoms with E-state index in [9.17, 15) is 4.39 Å². The van der Waals surface area contributed by atoms with E-state index in [4.69, 9.17) is 4.74 Å². The van der Waals surface area contributed by atoms with Crippen molar-refractivity contribution in [3.63, 3.8) is 0 Å². The molecule has 0 radical (unpaired) electrons. The van der Waals surface area contributed by atoms with Crippen LogP contribution in [0.5, 0.6) is 5.75 Å². The van der Waals surface area contributed by atoms with Crippen LogP contribution in [-0.4, -0.2) is 18.6 Å². The van der Waals surface area contributed by atoms with Gasteiger partial charge in [0.1, 0.15) is 11.6 Å². The average molecular weight is 310 g/mol. The van der Waals surface area contributed by atoms with Crippen molar-refractivity contribution in [3.8, 4) is 5.75 Å². The van der Waals surface area contributed by atoms with Gasteiger partial charge in [0.2, 0.25) is 0 Å². The van der Waals surface area contributed by atoms with Crippen molar-refractivity contribution < 1.29 is 9.13 Å². The lowest BCUT2D eigenvalue weighted by molar-refractivity contribution is 0.410. The van der Waals surface area contributed by atoms with Crippen LogP contribution in [0.2, 0.25) is 0 Å². The Morgan fingerprint density at radius 3 is 2.78 bits per heavy atom. The summed E-state index contributed by atoms with van der Waals surface area (Å²) >= 11 is 0. The number of hydrogen-bond donors (Lipinski definition) is 1. The van der Waals surface area contributed by atoms with E-state index in [1.54, 1.807) is 12.1 Å². The maximum Gasteiger partial charge on any atom is 0.130 e. The van der Waals surface area contributed by atoms with Gasteiger partial charge in [-0.2, -0.15) is 0 Å². The normalized spacial score (nSPS) is 10.9. The van der Waals surface area contributed by atoms with Crippen molar-refractivity contribution >= 4 is 10.8 Å². The summed E-state index contributed by atoms with van der Waals surface area (Å²) in [6.45, 7) is 1.42. The summed E-state index contributed by atoms with van der Waals surface area (Å²) in [5.41, 5.74) is 1.84. The number of ether oxygens (including phenoxy) is 1. The Morgan fingerprint density at radius 2 is 1.96 bits per heavy atom. The van der Waals surface area contributed by atoms with E-state index in [0.29, 0.717) is 30.8 Å². The second-order valence-corrected chi connectivity index (χ2v) is 5.40. The SMILES string of the molecule is COc1ccc(CCNCc2cncc3ccccc23)c(F)c1. The van der Waals surface area contributed by atoms with Crippen molar-refractivity contribution in [1.29, 1.82) is 0 Å². The zero-order chi connectivity index (χ0) is 16.1. The van der Waals surface area contributed by atoms with E-state index >= 15 is 0 Å². The molecule has 0 bridgehead atoms. The highest BCUT2D eigenvalue weighted by molar-refractivity contribution is 5.84. The third-order valence-electron chi connectivity index (χ3n) is 3.90. The minimum absolute atomic E-state index is 0.224. The highest BCUT2D eigenvalue weighted by atomic mass is 19.1. The molecule has 1 heterocycles. The Bertz CT molecular complexity index is 799. The molecule has 1 N–H and O–H groups in total. The third-order valence-corrected chi connectivity index (χ3v) is 3.90. The molecule has 0 amide bonds. The molecule has 23 heavy (non-hydrogen) atoms. The summed E-state index contributed by atoms with van der Waals surface area (Å²) in [5, 5.41) is 5.69. The average Bonchev–Trinajstić information content (AvgIpc) is 2.59. The van der Waals surface area contributed by atoms with Crippen molar-refractivity contribution in [2.75, 3.05) is 13.7 Å². The number of benzene rings is 2. The van der Waals surface area contributed by atoms with Crippen molar-refractivity contribution in [2.24, 2.45) is 0 Å². The molecule has 0 saturated carbocycles. The number of hydrogen-bond acceptors (Lipinski definition) is 3. The molecule has 0 unspecified atom stereocenters. The molecule has 0 aliphatic carbocycles. The summed E-state index contributed by atoms with van der Waals surface area (Å²) in [4.78, 5) is 4.27. The second kappa shape index (κ2) is 7.20. The van der Waals surface area contributed by atoms with Crippen LogP contribution < -0.4 is 10.1 Å². The van der Waals surface area contributed by atoms with E-state index in [1.165, 1.54) is 18.6 Å². The molecule has 0 fully saturated rings. The maximum absolute atomic E-state index is 13.9. The fourth-order valence-corrected chi connectivity index (χ4v) is 2.62. The Hall–Kier alpha value is -2.46. The van der Waals surface area contributed by atoms with Crippen LogP contribution in [0.4, 0.5) is 4.39 Å². The summed E-state index contributed by atoms with van der Waals surface area (Å²) in [7, 11) is 1.54. The Kier molecular flexibility index (Phi) is 4.83. The minimum atomic E-state index is -0.224. The predicted molar refractivity (Wildman–Crippen MR) is 90.1 cm³/mol. The molecule has 3 aromatic rings. The van der Waals surface area contributed by atoms with Crippen LogP contribution >= 0.6 is 0 Å². The minimum Gasteiger partial charge on any atom is -0.497 e. The van der Waals surface area contributed by atoms with Crippen LogP contribution in [0.1, 0.15) is 11.1 Å². The van der Waals surface area contributed by atoms with Crippen LogP contribution in [0.25, 0.3) is 10.8 Å². The standard InChI is InChI=1S/C19H19FN2O/c1-23-17-7-6-14(19(20)10-17)8-9-21-12-16-13-22-11-15-4-2-3-5-18(15)16/h2-7,10-11,13,21H,8-9,12H2,1H3. The van der Waals surface area contributed by atoms with E-state index in [2.05, 4.69) is 22.4 Å². The molecule has 0 aliphatic rings. The number of rotatable bonds is 6. The largest absolute Gasteiger partial charge is 0.497 e. The van der Waals surface area contributed by atoms with Gasteiger partial charge < -0.3 is 10.1 Å². The quantitative estimate of drug-likeness (QED) is 0.705. The predicted octanol–water partition coefficient (Wildman–Crippen LogP) is 3.71. The smallest absolute Gasteiger partial charge is 0.130 e. The van der Waals surface area contributed by atoms with E-state index < -0.39 is 0 Å². The second-order valence-electron chi connectivity index (χ2n) is 5.40. The molecule has 0 atom stereocenters. The highest BCUT2D eigenvalue weighted by Gasteiger charge is 2.04. The van der Waals surface area contributed by atoms with Gasteiger partial charge in [-0.25, -0.2) is 4.39 Å². The number of aromatic nitrogens is 1. The third kappa shape index (κ3) is 3.66. The zero-order valence-corrected chi connectivity index (χ0v) is 13.1. The molecule has 0 saturated heterocycles. The monoisotopic (exact) mass is 310 g/mol. The van der Waals surface area contributed by atoms with Crippen LogP contribution in [0, 0.1) is 5.82 Å². The van der Waals surface area contributed by atoms with E-state index in [-0.39, 0.29) is 5.82 Å². The van der Waals surface area contributed by atoms with E-state index in [1.807, 2.05) is 24.5 Å². The molecular formula is C19H19FN2O. The number of halogens is 1. The summed E-state index contributed by atoms with van der Waals surface area (Å²) in [6.07, 6.45) is 4.38. The molecule has 0 aliphatic heterocycles. The molecule has 4 heteroatoms. The van der Waals surface area contributed by atoms with Gasteiger partial charge in [0, 0.05) is 30.4 Å². The lowest BCUT2D eigenvalue weighted by Crippen LogP contribution is -2.17. The van der Waals surface area contributed by atoms with E-state index in [0.717, 1.165) is 10.9 Å². The molecule has 3 nitrogen and oxygen atoms in total. The van der Waals surface area contributed by atoms with Gasteiger partial charge in [0.25, 0.3) is 0 Å². The Morgan fingerprint density at radius 1 is 1.09 bits per heavy atom. The molecule has 2 aromatic carbocycles. The number of nitrogens with zero attached hydrogens (tertiary/aromatic N) is 1. The van der Waals surface area contributed by atoms with Crippen molar-refractivity contribution in [2.45, 2.75) is 13.0 Å². The van der Waals surface area contributed by atoms with Gasteiger partial charge in [-0.05, 0) is 35.5 Å². The number of fused-ring (bicyclic) bond motifs is 1. The van der Waals surface area contributed by atoms with Gasteiger partial charge in [-0.15, -0.1) is 0 Å². The van der Waals surface area contributed by atoms with Gasteiger partial charge in [0.05, 0.1) is 7.11 Å². The first-order valence-corrected chi connectivity index (χ1v) is 7.62. The van der Waals surface area contributed by atoms with Gasteiger partial charge in [-0.3, -0.25) is 4.98 Å². The van der Waals surface area contributed by atoms with Crippen LogP contribution in [0.3, 0.4) is 0 Å². The lowest BCUT2D eigenvalue weighted by Gasteiger charge is -2.09. The first-order valence-electron chi connectivity index (χ1n) is 7.62. The number of nitrogens with one attached hydrogen (secondary N) is 1. The summed E-state index contributed by atoms with van der Waals surface area (Å²) < 4.78 is 18.9. The fraction of sp³-hybridized carbons (Fsp3) is 0.211. The van der Waals surface area contributed by atoms with Gasteiger partial charge in [-0.1, -0.05) is 30.3 Å². The Labute approximate surface area is 135 Å². The molecule has 0 spiro atoms. The van der Waals surface area contributed by atoms with Crippen molar-refractivity contribution in [1.82, 2.24) is 10.3 Å². The highest BCUT2D eigenvalue weighted by Crippen LogP contribution is 2.18. The molecule has 118 valence electrons. The van der Waals surface area contributed by atoms with Gasteiger partial charge >= 0.3 is 0 Å². The topological polar surface area (TPSA) is 34.1 Å². The first-order chi connectivity index (χ1) is 11.3. The zero-order valence-electron chi connectivity index (χ0n) is 13.1. The molecule has 3 rings (SSSR count). The van der Waals surface area contributed by atoms with Crippen LogP contribution in [0.15, 0.2) is 54.9 Å². The summed E-state index contributed by atoms with van der Waals surface area (Å²) in [5.74, 6) is 0.319. The molecule has 1 aromatic heterocycles. The number of pyridine rings is 1. The number of methoxy groups -OCH3 is 1. The van der Waals surface area contributed by atoms with Crippen molar-refractivity contribution in [3.05, 3.63) is 71.8 Å². The summed E-state index contributed by atoms with van der Waals surface area (Å²) in [6, 6.07) is 13.2.